The van der Waals surface area contributed by atoms with Gasteiger partial charge in [0, 0.05) is 13.1 Å². The van der Waals surface area contributed by atoms with E-state index in [9.17, 15) is 5.11 Å². The Bertz CT molecular complexity index is 309. The molecule has 0 amide bonds. The Morgan fingerprint density at radius 1 is 1.50 bits per heavy atom. The van der Waals surface area contributed by atoms with Crippen LogP contribution in [0.25, 0.3) is 0 Å². The molecule has 0 aliphatic heterocycles. The lowest BCUT2D eigenvalue weighted by atomic mass is 10.2. The van der Waals surface area contributed by atoms with Gasteiger partial charge in [0.2, 0.25) is 0 Å². The van der Waals surface area contributed by atoms with Gasteiger partial charge in [-0.1, -0.05) is 6.92 Å². The molecule has 1 atom stereocenters. The molecule has 16 heavy (non-hydrogen) atoms. The zero-order valence-corrected chi connectivity index (χ0v) is 10.5. The zero-order chi connectivity index (χ0) is 12.0. The van der Waals surface area contributed by atoms with Crippen LogP contribution in [0, 0.1) is 6.92 Å². The van der Waals surface area contributed by atoms with Crippen LogP contribution in [0.2, 0.25) is 0 Å². The van der Waals surface area contributed by atoms with Gasteiger partial charge in [-0.2, -0.15) is 5.10 Å². The number of hydrogen-bond donors (Lipinski definition) is 2. The Kier molecular flexibility index (Phi) is 5.49. The Balaban J connectivity index is 2.31. The van der Waals surface area contributed by atoms with Crippen LogP contribution < -0.4 is 5.32 Å². The smallest absolute Gasteiger partial charge is 0.0597 e. The third-order valence-corrected chi connectivity index (χ3v) is 2.72. The van der Waals surface area contributed by atoms with E-state index in [1.165, 1.54) is 5.69 Å². The molecule has 0 aliphatic carbocycles. The molecule has 4 nitrogen and oxygen atoms in total. The molecule has 1 unspecified atom stereocenters. The molecule has 0 aromatic carbocycles. The first kappa shape index (κ1) is 13.2. The van der Waals surface area contributed by atoms with E-state index in [2.05, 4.69) is 23.4 Å². The first-order chi connectivity index (χ1) is 7.67. The summed E-state index contributed by atoms with van der Waals surface area (Å²) < 4.78 is 2.01. The van der Waals surface area contributed by atoms with Gasteiger partial charge < -0.3 is 10.4 Å². The second-order valence-corrected chi connectivity index (χ2v) is 4.12. The van der Waals surface area contributed by atoms with Crippen LogP contribution in [0.15, 0.2) is 6.07 Å². The Labute approximate surface area is 97.7 Å². The molecule has 1 heterocycles. The van der Waals surface area contributed by atoms with E-state index in [1.807, 2.05) is 18.5 Å². The lowest BCUT2D eigenvalue weighted by molar-refractivity contribution is 0.159. The number of nitrogens with zero attached hydrogens (tertiary/aromatic N) is 2. The highest BCUT2D eigenvalue weighted by Crippen LogP contribution is 2.03. The summed E-state index contributed by atoms with van der Waals surface area (Å²) in [6.45, 7) is 8.68. The van der Waals surface area contributed by atoms with Gasteiger partial charge >= 0.3 is 0 Å². The summed E-state index contributed by atoms with van der Waals surface area (Å²) in [5, 5.41) is 17.1. The van der Waals surface area contributed by atoms with Crippen molar-refractivity contribution in [1.82, 2.24) is 15.1 Å². The van der Waals surface area contributed by atoms with Crippen molar-refractivity contribution in [1.29, 1.82) is 0 Å². The van der Waals surface area contributed by atoms with Gasteiger partial charge in [0.25, 0.3) is 0 Å². The van der Waals surface area contributed by atoms with E-state index >= 15 is 0 Å². The maximum atomic E-state index is 9.40. The highest BCUT2D eigenvalue weighted by molar-refractivity contribution is 5.08. The molecule has 0 saturated carbocycles. The average molecular weight is 225 g/mol. The van der Waals surface area contributed by atoms with Gasteiger partial charge in [0.1, 0.15) is 0 Å². The number of rotatable bonds is 7. The normalized spacial score (nSPS) is 13.0. The second-order valence-electron chi connectivity index (χ2n) is 4.12. The number of aliphatic hydroxyl groups excluding tert-OH is 1. The minimum absolute atomic E-state index is 0.176. The number of hydrogen-bond acceptors (Lipinski definition) is 3. The van der Waals surface area contributed by atoms with Crippen molar-refractivity contribution in [2.24, 2.45) is 0 Å². The third kappa shape index (κ3) is 3.94. The maximum absolute atomic E-state index is 9.40. The van der Waals surface area contributed by atoms with Gasteiger partial charge in [-0.15, -0.1) is 0 Å². The molecule has 0 spiro atoms. The standard InChI is InChI=1S/C12H23N3O/c1-4-12(16)6-7-13-9-11-8-10(3)14-15(11)5-2/h8,12-13,16H,4-7,9H2,1-3H3. The van der Waals surface area contributed by atoms with E-state index in [0.717, 1.165) is 38.2 Å². The van der Waals surface area contributed by atoms with E-state index in [-0.39, 0.29) is 6.10 Å². The molecular weight excluding hydrogens is 202 g/mol. The summed E-state index contributed by atoms with van der Waals surface area (Å²) in [4.78, 5) is 0. The van der Waals surface area contributed by atoms with Crippen molar-refractivity contribution in [2.75, 3.05) is 6.54 Å². The Hall–Kier alpha value is -0.870. The maximum Gasteiger partial charge on any atom is 0.0597 e. The van der Waals surface area contributed by atoms with Gasteiger partial charge in [-0.05, 0) is 39.3 Å². The molecule has 0 bridgehead atoms. The minimum Gasteiger partial charge on any atom is -0.393 e. The average Bonchev–Trinajstić information content (AvgIpc) is 2.64. The van der Waals surface area contributed by atoms with E-state index in [4.69, 9.17) is 0 Å². The summed E-state index contributed by atoms with van der Waals surface area (Å²) in [5.41, 5.74) is 2.28. The van der Waals surface area contributed by atoms with Crippen molar-refractivity contribution >= 4 is 0 Å². The van der Waals surface area contributed by atoms with Crippen LogP contribution in [0.5, 0.6) is 0 Å². The van der Waals surface area contributed by atoms with E-state index < -0.39 is 0 Å². The molecule has 92 valence electrons. The first-order valence-corrected chi connectivity index (χ1v) is 6.09. The van der Waals surface area contributed by atoms with Gasteiger partial charge in [0.15, 0.2) is 0 Å². The summed E-state index contributed by atoms with van der Waals surface area (Å²) in [7, 11) is 0. The molecule has 2 N–H and O–H groups in total. The first-order valence-electron chi connectivity index (χ1n) is 6.09. The summed E-state index contributed by atoms with van der Waals surface area (Å²) >= 11 is 0. The summed E-state index contributed by atoms with van der Waals surface area (Å²) in [5.74, 6) is 0. The lowest BCUT2D eigenvalue weighted by Gasteiger charge is -2.09. The molecule has 0 aliphatic rings. The molecule has 1 aromatic rings. The largest absolute Gasteiger partial charge is 0.393 e. The fraction of sp³-hybridized carbons (Fsp3) is 0.750. The minimum atomic E-state index is -0.176. The van der Waals surface area contributed by atoms with Crippen LogP contribution in [-0.2, 0) is 13.1 Å². The number of aliphatic hydroxyl groups is 1. The Morgan fingerprint density at radius 2 is 2.25 bits per heavy atom. The predicted octanol–water partition coefficient (Wildman–Crippen LogP) is 1.46. The van der Waals surface area contributed by atoms with Crippen LogP contribution in [0.4, 0.5) is 0 Å². The van der Waals surface area contributed by atoms with Crippen LogP contribution in [0.1, 0.15) is 38.1 Å². The molecule has 0 fully saturated rings. The topological polar surface area (TPSA) is 50.1 Å². The van der Waals surface area contributed by atoms with Crippen LogP contribution in [-0.4, -0.2) is 27.5 Å². The van der Waals surface area contributed by atoms with Crippen molar-refractivity contribution in [3.63, 3.8) is 0 Å². The fourth-order valence-corrected chi connectivity index (χ4v) is 1.70. The van der Waals surface area contributed by atoms with Gasteiger partial charge in [0.05, 0.1) is 17.5 Å². The van der Waals surface area contributed by atoms with E-state index in [0.29, 0.717) is 0 Å². The van der Waals surface area contributed by atoms with E-state index in [1.54, 1.807) is 0 Å². The quantitative estimate of drug-likeness (QED) is 0.691. The number of nitrogens with one attached hydrogen (secondary N) is 1. The van der Waals surface area contributed by atoms with Crippen molar-refractivity contribution < 1.29 is 5.11 Å². The SMILES string of the molecule is CCC(O)CCNCc1cc(C)nn1CC. The van der Waals surface area contributed by atoms with Gasteiger partial charge in [-0.25, -0.2) is 0 Å². The molecule has 0 saturated heterocycles. The second kappa shape index (κ2) is 6.66. The lowest BCUT2D eigenvalue weighted by Crippen LogP contribution is -2.21. The van der Waals surface area contributed by atoms with Crippen LogP contribution in [0.3, 0.4) is 0 Å². The van der Waals surface area contributed by atoms with Crippen molar-refractivity contribution in [3.05, 3.63) is 17.5 Å². The molecule has 0 radical (unpaired) electrons. The number of aryl methyl sites for hydroxylation is 2. The van der Waals surface area contributed by atoms with Gasteiger partial charge in [-0.3, -0.25) is 4.68 Å². The molecule has 4 heteroatoms. The highest BCUT2D eigenvalue weighted by Gasteiger charge is 2.04. The fourth-order valence-electron chi connectivity index (χ4n) is 1.70. The monoisotopic (exact) mass is 225 g/mol. The summed E-state index contributed by atoms with van der Waals surface area (Å²) in [6, 6.07) is 2.10. The molecular formula is C12H23N3O. The predicted molar refractivity (Wildman–Crippen MR) is 65.3 cm³/mol. The number of aromatic nitrogens is 2. The van der Waals surface area contributed by atoms with Crippen molar-refractivity contribution in [2.45, 2.75) is 52.8 Å². The van der Waals surface area contributed by atoms with Crippen LogP contribution >= 0.6 is 0 Å². The Morgan fingerprint density at radius 3 is 2.88 bits per heavy atom. The molecule has 1 rings (SSSR count). The zero-order valence-electron chi connectivity index (χ0n) is 10.5. The third-order valence-electron chi connectivity index (χ3n) is 2.72. The highest BCUT2D eigenvalue weighted by atomic mass is 16.3. The molecule has 1 aromatic heterocycles. The van der Waals surface area contributed by atoms with Crippen molar-refractivity contribution in [3.8, 4) is 0 Å². The summed E-state index contributed by atoms with van der Waals surface area (Å²) in [6.07, 6.45) is 1.47.